The van der Waals surface area contributed by atoms with Crippen LogP contribution < -0.4 is 4.72 Å². The van der Waals surface area contributed by atoms with Crippen molar-refractivity contribution in [2.75, 3.05) is 19.3 Å². The summed E-state index contributed by atoms with van der Waals surface area (Å²) in [6.07, 6.45) is 10.7. The number of nitrogens with zero attached hydrogens (tertiary/aromatic N) is 5. The zero-order valence-corrected chi connectivity index (χ0v) is 24.2. The Bertz CT molecular complexity index is 2080. The van der Waals surface area contributed by atoms with Crippen molar-refractivity contribution < 1.29 is 12.8 Å². The van der Waals surface area contributed by atoms with E-state index in [0.29, 0.717) is 39.2 Å². The first kappa shape index (κ1) is 27.3. The van der Waals surface area contributed by atoms with Crippen molar-refractivity contribution in [3.63, 3.8) is 0 Å². The summed E-state index contributed by atoms with van der Waals surface area (Å²) in [7, 11) is -3.43. The number of hydrogen-bond acceptors (Lipinski definition) is 7. The van der Waals surface area contributed by atoms with Crippen LogP contribution in [0.5, 0.6) is 0 Å². The Balaban J connectivity index is 1.24. The minimum absolute atomic E-state index is 0.0307. The maximum Gasteiger partial charge on any atom is 0.209 e. The highest BCUT2D eigenvalue weighted by molar-refractivity contribution is 7.88. The average molecular weight is 597 g/mol. The lowest BCUT2D eigenvalue weighted by molar-refractivity contribution is 0.331. The van der Waals surface area contributed by atoms with E-state index >= 15 is 0 Å². The largest absolute Gasteiger partial charge is 0.335 e. The number of aromatic nitrogens is 6. The molecule has 0 bridgehead atoms. The van der Waals surface area contributed by atoms with Gasteiger partial charge in [0, 0.05) is 48.2 Å². The van der Waals surface area contributed by atoms with Crippen LogP contribution in [-0.2, 0) is 23.1 Å². The van der Waals surface area contributed by atoms with Crippen molar-refractivity contribution in [2.45, 2.75) is 25.9 Å². The molecule has 4 aromatic heterocycles. The number of likely N-dealkylation sites (tertiary alicyclic amines) is 1. The van der Waals surface area contributed by atoms with Gasteiger partial charge in [-0.3, -0.25) is 20.0 Å². The molecule has 1 saturated heterocycles. The lowest BCUT2D eigenvalue weighted by Gasteiger charge is -2.14. The van der Waals surface area contributed by atoms with Gasteiger partial charge in [-0.05, 0) is 84.6 Å². The second kappa shape index (κ2) is 11.0. The zero-order chi connectivity index (χ0) is 29.6. The van der Waals surface area contributed by atoms with E-state index in [1.54, 1.807) is 18.5 Å². The predicted octanol–water partition coefficient (Wildman–Crippen LogP) is 5.01. The Labute approximate surface area is 247 Å². The SMILES string of the molecule is CS(=O)(=O)NCc1cc(F)cc(-c2cncc3[nH]c(-c4n[nH]c5ccc(-c6cncc(CN7CCCC7)c6)cc45)nc23)c1. The molecule has 10 nitrogen and oxygen atoms in total. The van der Waals surface area contributed by atoms with Crippen molar-refractivity contribution >= 4 is 32.0 Å². The molecule has 2 aromatic carbocycles. The number of hydrogen-bond donors (Lipinski definition) is 3. The van der Waals surface area contributed by atoms with Gasteiger partial charge in [0.15, 0.2) is 5.82 Å². The number of rotatable bonds is 8. The van der Waals surface area contributed by atoms with Crippen LogP contribution in [0.15, 0.2) is 67.3 Å². The molecule has 7 rings (SSSR count). The molecular weight excluding hydrogens is 567 g/mol. The lowest BCUT2D eigenvalue weighted by atomic mass is 10.0. The van der Waals surface area contributed by atoms with Gasteiger partial charge in [-0.1, -0.05) is 6.07 Å². The van der Waals surface area contributed by atoms with Crippen LogP contribution in [0.25, 0.3) is 55.7 Å². The average Bonchev–Trinajstić information content (AvgIpc) is 3.75. The standard InChI is InChI=1S/C31H29FN8O2S/c1-43(41,42)35-14-19-8-22(11-24(32)10-19)26-16-34-17-28-29(26)37-31(36-28)30-25-12-21(4-5-27(25)38-39-30)23-9-20(13-33-15-23)18-40-6-2-3-7-40/h4-5,8-13,15-17,35H,2-3,6-7,14,18H2,1H3,(H,36,37)(H,38,39). The summed E-state index contributed by atoms with van der Waals surface area (Å²) in [6.45, 7) is 3.13. The number of H-pyrrole nitrogens is 2. The monoisotopic (exact) mass is 596 g/mol. The number of halogens is 1. The highest BCUT2D eigenvalue weighted by Gasteiger charge is 2.18. The summed E-state index contributed by atoms with van der Waals surface area (Å²) >= 11 is 0. The molecule has 3 N–H and O–H groups in total. The fourth-order valence-electron chi connectivity index (χ4n) is 5.68. The maximum absolute atomic E-state index is 14.6. The quantitative estimate of drug-likeness (QED) is 0.225. The Morgan fingerprint density at radius 1 is 0.907 bits per heavy atom. The molecule has 5 heterocycles. The van der Waals surface area contributed by atoms with Gasteiger partial charge in [0.1, 0.15) is 11.5 Å². The number of aromatic amines is 2. The number of benzene rings is 2. The van der Waals surface area contributed by atoms with Gasteiger partial charge in [-0.25, -0.2) is 22.5 Å². The Morgan fingerprint density at radius 2 is 1.72 bits per heavy atom. The predicted molar refractivity (Wildman–Crippen MR) is 164 cm³/mol. The van der Waals surface area contributed by atoms with Crippen LogP contribution in [0, 0.1) is 5.82 Å². The Kier molecular flexibility index (Phi) is 6.96. The number of nitrogens with one attached hydrogen (secondary N) is 3. The molecule has 0 radical (unpaired) electrons. The minimum atomic E-state index is -3.43. The van der Waals surface area contributed by atoms with Crippen LogP contribution in [0.2, 0.25) is 0 Å². The van der Waals surface area contributed by atoms with Crippen molar-refractivity contribution in [1.29, 1.82) is 0 Å². The van der Waals surface area contributed by atoms with Gasteiger partial charge in [0.25, 0.3) is 0 Å². The molecule has 0 aliphatic carbocycles. The van der Waals surface area contributed by atoms with Crippen LogP contribution in [0.1, 0.15) is 24.0 Å². The van der Waals surface area contributed by atoms with E-state index in [2.05, 4.69) is 53.0 Å². The fraction of sp³-hybridized carbons (Fsp3) is 0.226. The van der Waals surface area contributed by atoms with Crippen LogP contribution >= 0.6 is 0 Å². The first-order chi connectivity index (χ1) is 20.8. The minimum Gasteiger partial charge on any atom is -0.335 e. The lowest BCUT2D eigenvalue weighted by Crippen LogP contribution is -2.21. The van der Waals surface area contributed by atoms with Crippen LogP contribution in [0.4, 0.5) is 4.39 Å². The van der Waals surface area contributed by atoms with E-state index in [0.717, 1.165) is 47.9 Å². The van der Waals surface area contributed by atoms with Crippen molar-refractivity contribution in [3.8, 4) is 33.8 Å². The van der Waals surface area contributed by atoms with E-state index in [-0.39, 0.29) is 6.54 Å². The molecule has 0 saturated carbocycles. The van der Waals surface area contributed by atoms with Crippen molar-refractivity contribution in [1.82, 2.24) is 39.8 Å². The normalized spacial score (nSPS) is 14.3. The van der Waals surface area contributed by atoms with Crippen molar-refractivity contribution in [2.24, 2.45) is 0 Å². The van der Waals surface area contributed by atoms with Gasteiger partial charge < -0.3 is 4.98 Å². The van der Waals surface area contributed by atoms with Gasteiger partial charge in [-0.15, -0.1) is 0 Å². The topological polar surface area (TPSA) is 133 Å². The second-order valence-corrected chi connectivity index (χ2v) is 12.8. The van der Waals surface area contributed by atoms with E-state index in [9.17, 15) is 12.8 Å². The molecular formula is C31H29FN8O2S. The molecule has 218 valence electrons. The Hall–Kier alpha value is -4.52. The van der Waals surface area contributed by atoms with E-state index < -0.39 is 15.8 Å². The molecule has 0 atom stereocenters. The summed E-state index contributed by atoms with van der Waals surface area (Å²) in [6, 6.07) is 12.8. The van der Waals surface area contributed by atoms with Gasteiger partial charge in [0.2, 0.25) is 10.0 Å². The van der Waals surface area contributed by atoms with E-state index in [4.69, 9.17) is 4.98 Å². The Morgan fingerprint density at radius 3 is 2.56 bits per heavy atom. The van der Waals surface area contributed by atoms with Crippen LogP contribution in [-0.4, -0.2) is 62.8 Å². The molecule has 1 aliphatic heterocycles. The van der Waals surface area contributed by atoms with Crippen LogP contribution in [0.3, 0.4) is 0 Å². The number of sulfonamides is 1. The molecule has 43 heavy (non-hydrogen) atoms. The summed E-state index contributed by atoms with van der Waals surface area (Å²) in [4.78, 5) is 19.5. The smallest absolute Gasteiger partial charge is 0.209 e. The number of fused-ring (bicyclic) bond motifs is 2. The number of imidazole rings is 1. The third-order valence-corrected chi connectivity index (χ3v) is 8.39. The summed E-state index contributed by atoms with van der Waals surface area (Å²) < 4.78 is 40.1. The van der Waals surface area contributed by atoms with Gasteiger partial charge in [0.05, 0.1) is 29.0 Å². The van der Waals surface area contributed by atoms with E-state index in [1.807, 2.05) is 18.5 Å². The summed E-state index contributed by atoms with van der Waals surface area (Å²) in [5, 5.41) is 8.58. The highest BCUT2D eigenvalue weighted by Crippen LogP contribution is 2.33. The van der Waals surface area contributed by atoms with Crippen molar-refractivity contribution in [3.05, 3.63) is 84.2 Å². The van der Waals surface area contributed by atoms with E-state index in [1.165, 1.54) is 30.5 Å². The molecule has 12 heteroatoms. The molecule has 1 fully saturated rings. The first-order valence-electron chi connectivity index (χ1n) is 14.0. The number of pyridine rings is 2. The third kappa shape index (κ3) is 5.76. The second-order valence-electron chi connectivity index (χ2n) is 11.0. The molecule has 0 spiro atoms. The van der Waals surface area contributed by atoms with Gasteiger partial charge >= 0.3 is 0 Å². The maximum atomic E-state index is 14.6. The molecule has 0 amide bonds. The highest BCUT2D eigenvalue weighted by atomic mass is 32.2. The fourth-order valence-corrected chi connectivity index (χ4v) is 6.11. The summed E-state index contributed by atoms with van der Waals surface area (Å²) in [5.74, 6) is 0.0595. The molecule has 6 aromatic rings. The molecule has 1 aliphatic rings. The zero-order valence-electron chi connectivity index (χ0n) is 23.4. The molecule has 0 unspecified atom stereocenters. The summed E-state index contributed by atoms with van der Waals surface area (Å²) in [5.41, 5.74) is 7.67. The first-order valence-corrected chi connectivity index (χ1v) is 15.9. The third-order valence-electron chi connectivity index (χ3n) is 7.72. The van der Waals surface area contributed by atoms with Gasteiger partial charge in [-0.2, -0.15) is 5.10 Å².